The Hall–Kier alpha value is -3.87. The van der Waals surface area contributed by atoms with Gasteiger partial charge >= 0.3 is 0 Å². The number of hydrogen-bond donors (Lipinski definition) is 1. The first-order valence-electron chi connectivity index (χ1n) is 9.59. The first kappa shape index (κ1) is 18.2. The van der Waals surface area contributed by atoms with Crippen molar-refractivity contribution in [2.45, 2.75) is 19.8 Å². The Balaban J connectivity index is 1.58. The predicted octanol–water partition coefficient (Wildman–Crippen LogP) is 4.60. The molecule has 7 heteroatoms. The number of aromatic nitrogens is 3. The predicted molar refractivity (Wildman–Crippen MR) is 111 cm³/mol. The van der Waals surface area contributed by atoms with E-state index >= 15 is 0 Å². The van der Waals surface area contributed by atoms with E-state index in [0.29, 0.717) is 28.6 Å². The van der Waals surface area contributed by atoms with Crippen LogP contribution in [-0.2, 0) is 9.47 Å². The molecule has 2 aliphatic rings. The SMILES string of the molecule is Cc1nn2c(=O)cc(C3=COC=C(C4=CC=CCC4)O3)[nH]c2c1-c1ccc(F)cc1. The molecule has 0 unspecified atom stereocenters. The molecule has 0 fully saturated rings. The molecule has 0 bridgehead atoms. The van der Waals surface area contributed by atoms with E-state index in [1.54, 1.807) is 18.4 Å². The van der Waals surface area contributed by atoms with Gasteiger partial charge in [-0.25, -0.2) is 4.39 Å². The second-order valence-corrected chi connectivity index (χ2v) is 7.11. The topological polar surface area (TPSA) is 68.6 Å². The summed E-state index contributed by atoms with van der Waals surface area (Å²) in [6.07, 6.45) is 10.9. The lowest BCUT2D eigenvalue weighted by atomic mass is 10.0. The Morgan fingerprint density at radius 1 is 1.17 bits per heavy atom. The molecule has 0 saturated carbocycles. The van der Waals surface area contributed by atoms with Crippen molar-refractivity contribution in [3.05, 3.63) is 100.0 Å². The van der Waals surface area contributed by atoms with E-state index in [1.807, 2.05) is 19.1 Å². The van der Waals surface area contributed by atoms with Crippen molar-refractivity contribution in [1.29, 1.82) is 0 Å². The molecule has 0 radical (unpaired) electrons. The van der Waals surface area contributed by atoms with Crippen LogP contribution in [0.5, 0.6) is 0 Å². The minimum absolute atomic E-state index is 0.310. The average molecular weight is 403 g/mol. The first-order valence-corrected chi connectivity index (χ1v) is 9.59. The highest BCUT2D eigenvalue weighted by molar-refractivity contribution is 5.80. The highest BCUT2D eigenvalue weighted by Crippen LogP contribution is 2.31. The van der Waals surface area contributed by atoms with Gasteiger partial charge in [0.1, 0.15) is 24.0 Å². The molecule has 1 N–H and O–H groups in total. The van der Waals surface area contributed by atoms with Crippen LogP contribution in [0.2, 0.25) is 0 Å². The quantitative estimate of drug-likeness (QED) is 0.694. The third-order valence-electron chi connectivity index (χ3n) is 5.09. The Labute approximate surface area is 171 Å². The van der Waals surface area contributed by atoms with Gasteiger partial charge in [0.2, 0.25) is 0 Å². The molecule has 0 atom stereocenters. The third kappa shape index (κ3) is 3.14. The summed E-state index contributed by atoms with van der Waals surface area (Å²) in [5, 5.41) is 4.35. The third-order valence-corrected chi connectivity index (χ3v) is 5.09. The molecule has 6 nitrogen and oxygen atoms in total. The minimum atomic E-state index is -0.328. The van der Waals surface area contributed by atoms with Crippen LogP contribution in [0.3, 0.4) is 0 Å². The summed E-state index contributed by atoms with van der Waals surface area (Å²) in [6, 6.07) is 7.50. The summed E-state index contributed by atoms with van der Waals surface area (Å²) in [5.41, 5.74) is 3.82. The maximum Gasteiger partial charge on any atom is 0.275 e. The maximum absolute atomic E-state index is 13.4. The Kier molecular flexibility index (Phi) is 4.35. The molecule has 30 heavy (non-hydrogen) atoms. The van der Waals surface area contributed by atoms with Crippen LogP contribution < -0.4 is 5.56 Å². The molecule has 1 aliphatic carbocycles. The van der Waals surface area contributed by atoms with E-state index in [1.165, 1.54) is 29.0 Å². The number of H-pyrrole nitrogens is 1. The number of benzene rings is 1. The van der Waals surface area contributed by atoms with Crippen LogP contribution in [0, 0.1) is 12.7 Å². The molecular formula is C23H18FN3O3. The second kappa shape index (κ2) is 7.18. The summed E-state index contributed by atoms with van der Waals surface area (Å²) in [5.74, 6) is 0.679. The fourth-order valence-corrected chi connectivity index (χ4v) is 3.64. The zero-order valence-corrected chi connectivity index (χ0v) is 16.2. The number of hydrogen-bond acceptors (Lipinski definition) is 4. The summed E-state index contributed by atoms with van der Waals surface area (Å²) in [6.45, 7) is 1.81. The van der Waals surface area contributed by atoms with Crippen molar-refractivity contribution in [2.24, 2.45) is 0 Å². The first-order chi connectivity index (χ1) is 14.6. The number of ether oxygens (including phenoxy) is 2. The molecule has 5 rings (SSSR count). The number of nitrogens with one attached hydrogen (secondary N) is 1. The molecule has 0 spiro atoms. The van der Waals surface area contributed by atoms with Crippen molar-refractivity contribution >= 4 is 11.4 Å². The van der Waals surface area contributed by atoms with E-state index in [9.17, 15) is 9.18 Å². The van der Waals surface area contributed by atoms with Gasteiger partial charge in [-0.1, -0.05) is 30.4 Å². The number of allylic oxidation sites excluding steroid dienone is 4. The summed E-state index contributed by atoms with van der Waals surface area (Å²) >= 11 is 0. The zero-order chi connectivity index (χ0) is 20.7. The maximum atomic E-state index is 13.4. The average Bonchev–Trinajstić information content (AvgIpc) is 3.11. The fourth-order valence-electron chi connectivity index (χ4n) is 3.64. The lowest BCUT2D eigenvalue weighted by molar-refractivity contribution is 0.284. The van der Waals surface area contributed by atoms with Gasteiger partial charge in [0.25, 0.3) is 5.56 Å². The fraction of sp³-hybridized carbons (Fsp3) is 0.130. The monoisotopic (exact) mass is 403 g/mol. The van der Waals surface area contributed by atoms with Crippen molar-refractivity contribution in [3.8, 4) is 11.1 Å². The smallest absolute Gasteiger partial charge is 0.275 e. The standard InChI is InChI=1S/C23H18FN3O3/c1-14-22(16-7-9-17(24)10-8-16)23-25-18(11-21(28)27(23)26-14)20-13-29-12-19(30-20)15-5-3-2-4-6-15/h2-3,5,7-13,25H,4,6H2,1H3. The van der Waals surface area contributed by atoms with Gasteiger partial charge in [0.05, 0.1) is 11.4 Å². The molecule has 3 heterocycles. The summed E-state index contributed by atoms with van der Waals surface area (Å²) in [4.78, 5) is 16.0. The second-order valence-electron chi connectivity index (χ2n) is 7.11. The highest BCUT2D eigenvalue weighted by Gasteiger charge is 2.20. The summed E-state index contributed by atoms with van der Waals surface area (Å²) in [7, 11) is 0. The minimum Gasteiger partial charge on any atom is -0.465 e. The lowest BCUT2D eigenvalue weighted by Gasteiger charge is -2.19. The van der Waals surface area contributed by atoms with Crippen LogP contribution in [-0.4, -0.2) is 14.6 Å². The summed E-state index contributed by atoms with van der Waals surface area (Å²) < 4.78 is 26.2. The van der Waals surface area contributed by atoms with Crippen LogP contribution in [0.1, 0.15) is 24.2 Å². The van der Waals surface area contributed by atoms with E-state index in [-0.39, 0.29) is 11.4 Å². The molecule has 3 aromatic rings. The highest BCUT2D eigenvalue weighted by atomic mass is 19.1. The van der Waals surface area contributed by atoms with Crippen molar-refractivity contribution < 1.29 is 13.9 Å². The number of aromatic amines is 1. The van der Waals surface area contributed by atoms with Gasteiger partial charge in [-0.3, -0.25) is 4.79 Å². The van der Waals surface area contributed by atoms with E-state index in [0.717, 1.165) is 29.5 Å². The van der Waals surface area contributed by atoms with Crippen LogP contribution in [0.25, 0.3) is 22.5 Å². The van der Waals surface area contributed by atoms with Crippen LogP contribution in [0.4, 0.5) is 4.39 Å². The number of aryl methyl sites for hydroxylation is 1. The van der Waals surface area contributed by atoms with Crippen molar-refractivity contribution in [2.75, 3.05) is 0 Å². The molecule has 1 aromatic carbocycles. The normalized spacial score (nSPS) is 15.9. The van der Waals surface area contributed by atoms with Gasteiger partial charge in [0, 0.05) is 11.6 Å². The van der Waals surface area contributed by atoms with Crippen molar-refractivity contribution in [3.63, 3.8) is 0 Å². The molecule has 0 amide bonds. The largest absolute Gasteiger partial charge is 0.465 e. The van der Waals surface area contributed by atoms with Gasteiger partial charge in [-0.15, -0.1) is 0 Å². The van der Waals surface area contributed by atoms with Gasteiger partial charge in [-0.05, 0) is 43.0 Å². The van der Waals surface area contributed by atoms with E-state index in [2.05, 4.69) is 16.2 Å². The van der Waals surface area contributed by atoms with Crippen LogP contribution in [0.15, 0.2) is 77.2 Å². The van der Waals surface area contributed by atoms with E-state index < -0.39 is 0 Å². The Morgan fingerprint density at radius 2 is 1.97 bits per heavy atom. The number of fused-ring (bicyclic) bond motifs is 1. The van der Waals surface area contributed by atoms with Gasteiger partial charge in [0.15, 0.2) is 11.5 Å². The Bertz CT molecular complexity index is 1320. The van der Waals surface area contributed by atoms with E-state index in [4.69, 9.17) is 9.47 Å². The molecule has 2 aromatic heterocycles. The molecule has 1 aliphatic heterocycles. The van der Waals surface area contributed by atoms with Gasteiger partial charge in [-0.2, -0.15) is 9.61 Å². The van der Waals surface area contributed by atoms with Crippen molar-refractivity contribution in [1.82, 2.24) is 14.6 Å². The van der Waals surface area contributed by atoms with Gasteiger partial charge < -0.3 is 14.5 Å². The lowest BCUT2D eigenvalue weighted by Crippen LogP contribution is -2.16. The van der Waals surface area contributed by atoms with Crippen LogP contribution >= 0.6 is 0 Å². The number of rotatable bonds is 3. The zero-order valence-electron chi connectivity index (χ0n) is 16.2. The number of halogens is 1. The Morgan fingerprint density at radius 3 is 2.73 bits per heavy atom. The molecule has 150 valence electrons. The number of nitrogens with zero attached hydrogens (tertiary/aromatic N) is 2. The molecule has 0 saturated heterocycles. The molecular weight excluding hydrogens is 385 g/mol.